The summed E-state index contributed by atoms with van der Waals surface area (Å²) in [5.74, 6) is 1.00. The van der Waals surface area contributed by atoms with Crippen LogP contribution < -0.4 is 10.5 Å². The largest absolute Gasteiger partial charge is 0.490 e. The topological polar surface area (TPSA) is 44.5 Å². The molecule has 2 fully saturated rings. The number of hydrogen-bond acceptors (Lipinski definition) is 3. The maximum absolute atomic E-state index is 6.31. The van der Waals surface area contributed by atoms with E-state index >= 15 is 0 Å². The van der Waals surface area contributed by atoms with E-state index in [9.17, 15) is 0 Å². The van der Waals surface area contributed by atoms with Crippen molar-refractivity contribution >= 4 is 0 Å². The highest BCUT2D eigenvalue weighted by molar-refractivity contribution is 5.43. The number of aryl methyl sites for hydroxylation is 2. The van der Waals surface area contributed by atoms with Gasteiger partial charge in [0, 0.05) is 6.54 Å². The lowest BCUT2D eigenvalue weighted by Crippen LogP contribution is -2.27. The second-order valence-electron chi connectivity index (χ2n) is 6.74. The minimum absolute atomic E-state index is 0.196. The summed E-state index contributed by atoms with van der Waals surface area (Å²) < 4.78 is 12.4. The van der Waals surface area contributed by atoms with Crippen molar-refractivity contribution in [1.82, 2.24) is 0 Å². The third-order valence-electron chi connectivity index (χ3n) is 5.02. The van der Waals surface area contributed by atoms with Crippen molar-refractivity contribution in [2.45, 2.75) is 70.6 Å². The van der Waals surface area contributed by atoms with Gasteiger partial charge in [0.1, 0.15) is 12.4 Å². The molecule has 3 nitrogen and oxygen atoms in total. The summed E-state index contributed by atoms with van der Waals surface area (Å²) in [4.78, 5) is 0. The molecule has 3 rings (SSSR count). The number of benzene rings is 1. The number of rotatable bonds is 4. The molecule has 3 heteroatoms. The maximum Gasteiger partial charge on any atom is 0.125 e. The molecule has 2 N–H and O–H groups in total. The fraction of sp³-hybridized carbons (Fsp3) is 0.667. The lowest BCUT2D eigenvalue weighted by Gasteiger charge is -2.24. The second kappa shape index (κ2) is 5.98. The molecule has 1 saturated carbocycles. The molecule has 2 aliphatic rings. The minimum Gasteiger partial charge on any atom is -0.490 e. The van der Waals surface area contributed by atoms with Gasteiger partial charge in [-0.25, -0.2) is 0 Å². The van der Waals surface area contributed by atoms with Crippen LogP contribution in [0.1, 0.15) is 55.2 Å². The number of hydrogen-bond donors (Lipinski definition) is 1. The van der Waals surface area contributed by atoms with E-state index < -0.39 is 0 Å². The van der Waals surface area contributed by atoms with Crippen LogP contribution in [0.2, 0.25) is 0 Å². The molecule has 1 heterocycles. The van der Waals surface area contributed by atoms with Crippen molar-refractivity contribution in [1.29, 1.82) is 0 Å². The van der Waals surface area contributed by atoms with Gasteiger partial charge in [0.05, 0.1) is 11.7 Å². The highest BCUT2D eigenvalue weighted by atomic mass is 16.6. The average molecular weight is 289 g/mol. The first kappa shape index (κ1) is 14.9. The van der Waals surface area contributed by atoms with Crippen molar-refractivity contribution < 1.29 is 9.47 Å². The molecule has 1 unspecified atom stereocenters. The molecule has 0 aromatic heterocycles. The maximum atomic E-state index is 6.31. The quantitative estimate of drug-likeness (QED) is 0.920. The summed E-state index contributed by atoms with van der Waals surface area (Å²) in [5.41, 5.74) is 9.42. The Balaban J connectivity index is 1.61. The summed E-state index contributed by atoms with van der Waals surface area (Å²) in [6.45, 7) is 5.44. The van der Waals surface area contributed by atoms with Crippen molar-refractivity contribution in [2.24, 2.45) is 5.73 Å². The molecule has 116 valence electrons. The standard InChI is InChI=1S/C18H27NO2/c1-13-9-15(11-19)10-14(2)17(13)20-12-16-5-8-18(21-16)6-3-4-7-18/h9-10,16H,3-8,11-12,19H2,1-2H3. The molecular weight excluding hydrogens is 262 g/mol. The highest BCUT2D eigenvalue weighted by Crippen LogP contribution is 2.43. The van der Waals surface area contributed by atoms with Crippen LogP contribution in [0.3, 0.4) is 0 Å². The molecule has 1 aromatic carbocycles. The molecule has 1 aliphatic carbocycles. The van der Waals surface area contributed by atoms with E-state index in [4.69, 9.17) is 15.2 Å². The lowest BCUT2D eigenvalue weighted by molar-refractivity contribution is -0.0510. The van der Waals surface area contributed by atoms with Crippen LogP contribution in [0, 0.1) is 13.8 Å². The molecule has 1 aliphatic heterocycles. The van der Waals surface area contributed by atoms with Crippen LogP contribution in [0.4, 0.5) is 0 Å². The Kier molecular flexibility index (Phi) is 4.23. The van der Waals surface area contributed by atoms with Gasteiger partial charge in [0.15, 0.2) is 0 Å². The zero-order valence-corrected chi connectivity index (χ0v) is 13.3. The predicted molar refractivity (Wildman–Crippen MR) is 84.6 cm³/mol. The normalized spacial score (nSPS) is 23.9. The van der Waals surface area contributed by atoms with E-state index in [1.54, 1.807) is 0 Å². The summed E-state index contributed by atoms with van der Waals surface area (Å²) in [6, 6.07) is 4.24. The zero-order valence-electron chi connectivity index (χ0n) is 13.3. The summed E-state index contributed by atoms with van der Waals surface area (Å²) in [7, 11) is 0. The van der Waals surface area contributed by atoms with Gasteiger partial charge in [-0.1, -0.05) is 25.0 Å². The fourth-order valence-electron chi connectivity index (χ4n) is 3.96. The van der Waals surface area contributed by atoms with E-state index in [0.29, 0.717) is 13.2 Å². The van der Waals surface area contributed by atoms with Gasteiger partial charge in [-0.3, -0.25) is 0 Å². The first-order chi connectivity index (χ1) is 10.1. The monoisotopic (exact) mass is 289 g/mol. The van der Waals surface area contributed by atoms with Gasteiger partial charge in [0.2, 0.25) is 0 Å². The lowest BCUT2D eigenvalue weighted by atomic mass is 9.98. The van der Waals surface area contributed by atoms with Crippen molar-refractivity contribution in [2.75, 3.05) is 6.61 Å². The molecular formula is C18H27NO2. The average Bonchev–Trinajstić information content (AvgIpc) is 3.08. The molecule has 0 radical (unpaired) electrons. The van der Waals surface area contributed by atoms with E-state index in [0.717, 1.165) is 12.2 Å². The van der Waals surface area contributed by atoms with Gasteiger partial charge in [-0.15, -0.1) is 0 Å². The molecule has 1 spiro atoms. The Morgan fingerprint density at radius 2 is 1.86 bits per heavy atom. The number of nitrogens with two attached hydrogens (primary N) is 1. The van der Waals surface area contributed by atoms with Gasteiger partial charge in [-0.2, -0.15) is 0 Å². The van der Waals surface area contributed by atoms with Crippen LogP contribution in [0.25, 0.3) is 0 Å². The summed E-state index contributed by atoms with van der Waals surface area (Å²) in [5, 5.41) is 0. The molecule has 21 heavy (non-hydrogen) atoms. The van der Waals surface area contributed by atoms with Crippen LogP contribution in [0.15, 0.2) is 12.1 Å². The van der Waals surface area contributed by atoms with Crippen LogP contribution in [-0.4, -0.2) is 18.3 Å². The fourth-order valence-corrected chi connectivity index (χ4v) is 3.96. The van der Waals surface area contributed by atoms with Gasteiger partial charge in [-0.05, 0) is 56.2 Å². The van der Waals surface area contributed by atoms with Crippen LogP contribution in [0.5, 0.6) is 5.75 Å². The highest BCUT2D eigenvalue weighted by Gasteiger charge is 2.42. The van der Waals surface area contributed by atoms with Gasteiger partial charge >= 0.3 is 0 Å². The Labute approximate surface area is 127 Å². The summed E-state index contributed by atoms with van der Waals surface area (Å²) >= 11 is 0. The molecule has 1 saturated heterocycles. The Morgan fingerprint density at radius 3 is 2.48 bits per heavy atom. The second-order valence-corrected chi connectivity index (χ2v) is 6.74. The smallest absolute Gasteiger partial charge is 0.125 e. The number of ether oxygens (including phenoxy) is 2. The Morgan fingerprint density at radius 1 is 1.19 bits per heavy atom. The third kappa shape index (κ3) is 3.09. The van der Waals surface area contributed by atoms with Crippen molar-refractivity contribution in [3.8, 4) is 5.75 Å². The van der Waals surface area contributed by atoms with Crippen molar-refractivity contribution in [3.05, 3.63) is 28.8 Å². The van der Waals surface area contributed by atoms with E-state index in [2.05, 4.69) is 26.0 Å². The first-order valence-electron chi connectivity index (χ1n) is 8.23. The molecule has 0 amide bonds. The molecule has 1 aromatic rings. The first-order valence-corrected chi connectivity index (χ1v) is 8.23. The van der Waals surface area contributed by atoms with Gasteiger partial charge in [0.25, 0.3) is 0 Å². The molecule has 1 atom stereocenters. The van der Waals surface area contributed by atoms with E-state index in [1.165, 1.54) is 48.8 Å². The van der Waals surface area contributed by atoms with Gasteiger partial charge < -0.3 is 15.2 Å². The molecule has 0 bridgehead atoms. The minimum atomic E-state index is 0.196. The third-order valence-corrected chi connectivity index (χ3v) is 5.02. The van der Waals surface area contributed by atoms with Crippen LogP contribution >= 0.6 is 0 Å². The Hall–Kier alpha value is -1.06. The zero-order chi connectivity index (χ0) is 14.9. The van der Waals surface area contributed by atoms with Crippen molar-refractivity contribution in [3.63, 3.8) is 0 Å². The summed E-state index contributed by atoms with van der Waals surface area (Å²) in [6.07, 6.45) is 7.75. The predicted octanol–water partition coefficient (Wildman–Crippen LogP) is 3.63. The Bertz CT molecular complexity index is 483. The van der Waals surface area contributed by atoms with E-state index in [-0.39, 0.29) is 11.7 Å². The van der Waals surface area contributed by atoms with E-state index in [1.807, 2.05) is 0 Å². The van der Waals surface area contributed by atoms with Crippen LogP contribution in [-0.2, 0) is 11.3 Å². The SMILES string of the molecule is Cc1cc(CN)cc(C)c1OCC1CCC2(CCCC2)O1.